The second kappa shape index (κ2) is 13.6. The highest BCUT2D eigenvalue weighted by Gasteiger charge is 2.05. The summed E-state index contributed by atoms with van der Waals surface area (Å²) in [4.78, 5) is 10.5. The summed E-state index contributed by atoms with van der Waals surface area (Å²) in [5.74, 6) is 0.250. The molecule has 0 aliphatic carbocycles. The molecule has 5 N–H and O–H groups in total. The summed E-state index contributed by atoms with van der Waals surface area (Å²) in [6, 6.07) is 24.4. The molecule has 0 saturated carbocycles. The van der Waals surface area contributed by atoms with Crippen molar-refractivity contribution in [1.29, 1.82) is 5.41 Å². The number of fused-ring (bicyclic) bond motifs is 1. The second-order valence-corrected chi connectivity index (χ2v) is 9.17. The van der Waals surface area contributed by atoms with E-state index in [1.165, 1.54) is 30.0 Å². The van der Waals surface area contributed by atoms with E-state index in [0.717, 1.165) is 46.1 Å². The van der Waals surface area contributed by atoms with E-state index in [1.807, 2.05) is 36.4 Å². The van der Waals surface area contributed by atoms with Crippen LogP contribution in [0.15, 0.2) is 83.3 Å². The van der Waals surface area contributed by atoms with E-state index in [1.54, 1.807) is 0 Å². The molecule has 0 spiro atoms. The Morgan fingerprint density at radius 1 is 1.03 bits per heavy atom. The van der Waals surface area contributed by atoms with Gasteiger partial charge in [-0.15, -0.1) is 0 Å². The first kappa shape index (κ1) is 27.2. The zero-order valence-electron chi connectivity index (χ0n) is 19.5. The lowest BCUT2D eigenvalue weighted by Gasteiger charge is -2.11. The molecule has 0 aromatic heterocycles. The maximum absolute atomic E-state index is 10.5. The van der Waals surface area contributed by atoms with Crippen molar-refractivity contribution in [3.63, 3.8) is 0 Å². The van der Waals surface area contributed by atoms with Gasteiger partial charge in [-0.05, 0) is 66.4 Å². The van der Waals surface area contributed by atoms with Crippen molar-refractivity contribution >= 4 is 50.4 Å². The molecule has 0 heterocycles. The van der Waals surface area contributed by atoms with Gasteiger partial charge in [0.2, 0.25) is 5.91 Å². The minimum atomic E-state index is -0.563. The molecular formula is C28H27BrClN3O3. The van der Waals surface area contributed by atoms with Gasteiger partial charge in [-0.3, -0.25) is 4.79 Å². The third-order valence-corrected chi connectivity index (χ3v) is 6.18. The van der Waals surface area contributed by atoms with E-state index in [2.05, 4.69) is 45.5 Å². The number of nitrogens with one attached hydrogen (secondary N) is 2. The average molecular weight is 569 g/mol. The van der Waals surface area contributed by atoms with Crippen LogP contribution in [0, 0.1) is 5.41 Å². The van der Waals surface area contributed by atoms with Gasteiger partial charge in [-0.1, -0.05) is 63.9 Å². The number of carbonyl (C=O) groups excluding carboxylic acids is 1. The van der Waals surface area contributed by atoms with Gasteiger partial charge in [0.25, 0.3) is 0 Å². The van der Waals surface area contributed by atoms with E-state index in [0.29, 0.717) is 6.61 Å². The molecule has 4 aromatic rings. The number of benzene rings is 4. The molecule has 186 valence electrons. The number of halogens is 2. The zero-order valence-corrected chi connectivity index (χ0v) is 21.9. The minimum Gasteiger partial charge on any atom is -0.506 e. The van der Waals surface area contributed by atoms with E-state index < -0.39 is 5.91 Å². The molecule has 0 bridgehead atoms. The summed E-state index contributed by atoms with van der Waals surface area (Å²) in [6.07, 6.45) is 2.39. The number of hydrogen-bond acceptors (Lipinski definition) is 5. The molecule has 4 aromatic carbocycles. The van der Waals surface area contributed by atoms with Crippen molar-refractivity contribution in [3.8, 4) is 11.5 Å². The summed E-state index contributed by atoms with van der Waals surface area (Å²) >= 11 is 8.95. The first-order valence-corrected chi connectivity index (χ1v) is 12.4. The number of aromatic hydroxyl groups is 1. The monoisotopic (exact) mass is 567 g/mol. The minimum absolute atomic E-state index is 0.0586. The van der Waals surface area contributed by atoms with Gasteiger partial charge in [-0.2, -0.15) is 0 Å². The van der Waals surface area contributed by atoms with Gasteiger partial charge >= 0.3 is 0 Å². The van der Waals surface area contributed by atoms with Crippen LogP contribution in [-0.4, -0.2) is 36.9 Å². The molecule has 0 aliphatic rings. The van der Waals surface area contributed by atoms with Crippen molar-refractivity contribution in [2.45, 2.75) is 6.42 Å². The summed E-state index contributed by atoms with van der Waals surface area (Å²) in [5, 5.41) is 22.1. The SMILES string of the molecule is N=Cc1ccc(OCCNCCc2ccc(Br)cc2)c2ccccc12.NC(=O)c1ccc(O)c(Cl)c1. The van der Waals surface area contributed by atoms with E-state index >= 15 is 0 Å². The quantitative estimate of drug-likeness (QED) is 0.148. The molecule has 4 rings (SSSR count). The normalized spacial score (nSPS) is 10.4. The van der Waals surface area contributed by atoms with Crippen molar-refractivity contribution in [1.82, 2.24) is 5.32 Å². The van der Waals surface area contributed by atoms with E-state index in [4.69, 9.17) is 32.6 Å². The summed E-state index contributed by atoms with van der Waals surface area (Å²) < 4.78 is 7.05. The number of rotatable bonds is 9. The molecule has 36 heavy (non-hydrogen) atoms. The fourth-order valence-electron chi connectivity index (χ4n) is 3.45. The Balaban J connectivity index is 0.000000275. The van der Waals surface area contributed by atoms with Crippen LogP contribution in [0.25, 0.3) is 10.8 Å². The molecule has 1 amide bonds. The Hall–Kier alpha value is -3.39. The van der Waals surface area contributed by atoms with Crippen molar-refractivity contribution < 1.29 is 14.6 Å². The van der Waals surface area contributed by atoms with E-state index in [-0.39, 0.29) is 16.3 Å². The maximum Gasteiger partial charge on any atom is 0.248 e. The lowest BCUT2D eigenvalue weighted by molar-refractivity contribution is 0.100. The van der Waals surface area contributed by atoms with Crippen LogP contribution in [-0.2, 0) is 6.42 Å². The lowest BCUT2D eigenvalue weighted by Crippen LogP contribution is -2.23. The van der Waals surface area contributed by atoms with Crippen molar-refractivity contribution in [2.75, 3.05) is 19.7 Å². The fourth-order valence-corrected chi connectivity index (χ4v) is 3.89. The Bertz CT molecular complexity index is 1330. The van der Waals surface area contributed by atoms with Crippen LogP contribution in [0.2, 0.25) is 5.02 Å². The highest BCUT2D eigenvalue weighted by molar-refractivity contribution is 9.10. The van der Waals surface area contributed by atoms with Gasteiger partial charge in [0.15, 0.2) is 0 Å². The molecule has 6 nitrogen and oxygen atoms in total. The molecule has 0 aliphatic heterocycles. The van der Waals surface area contributed by atoms with Crippen LogP contribution in [0.4, 0.5) is 0 Å². The highest BCUT2D eigenvalue weighted by Crippen LogP contribution is 2.27. The number of nitrogens with two attached hydrogens (primary N) is 1. The number of phenols is 1. The topological polar surface area (TPSA) is 108 Å². The Morgan fingerprint density at radius 3 is 2.42 bits per heavy atom. The predicted molar refractivity (Wildman–Crippen MR) is 150 cm³/mol. The largest absolute Gasteiger partial charge is 0.506 e. The summed E-state index contributed by atoms with van der Waals surface area (Å²) in [6.45, 7) is 2.35. The van der Waals surface area contributed by atoms with Crippen molar-refractivity contribution in [2.24, 2.45) is 5.73 Å². The summed E-state index contributed by atoms with van der Waals surface area (Å²) in [5.41, 5.74) is 7.48. The van der Waals surface area contributed by atoms with Gasteiger partial charge in [0.1, 0.15) is 18.1 Å². The lowest BCUT2D eigenvalue weighted by atomic mass is 10.0. The molecule has 0 atom stereocenters. The standard InChI is InChI=1S/C21H21BrN2O.C7H6ClNO2/c22-18-8-5-16(6-9-18)11-12-24-13-14-25-21-10-7-17(15-23)19-3-1-2-4-20(19)21;8-5-3-4(7(9)11)1-2-6(5)10/h1-10,15,23-24H,11-14H2;1-3,10H,(H2,9,11). The molecule has 0 saturated heterocycles. The number of hydrogen-bond donors (Lipinski definition) is 4. The number of amides is 1. The Labute approximate surface area is 223 Å². The number of ether oxygens (including phenoxy) is 1. The van der Waals surface area contributed by atoms with Gasteiger partial charge in [0, 0.05) is 33.7 Å². The highest BCUT2D eigenvalue weighted by atomic mass is 79.9. The third kappa shape index (κ3) is 7.81. The third-order valence-electron chi connectivity index (χ3n) is 5.35. The first-order valence-electron chi connectivity index (χ1n) is 11.3. The molecule has 0 unspecified atom stereocenters. The van der Waals surface area contributed by atoms with Crippen LogP contribution < -0.4 is 15.8 Å². The van der Waals surface area contributed by atoms with Crippen LogP contribution in [0.3, 0.4) is 0 Å². The van der Waals surface area contributed by atoms with Gasteiger partial charge in [-0.25, -0.2) is 0 Å². The van der Waals surface area contributed by atoms with Gasteiger partial charge in [0.05, 0.1) is 5.02 Å². The second-order valence-electron chi connectivity index (χ2n) is 7.85. The molecule has 0 radical (unpaired) electrons. The predicted octanol–water partition coefficient (Wildman–Crippen LogP) is 5.96. The fraction of sp³-hybridized carbons (Fsp3) is 0.143. The smallest absolute Gasteiger partial charge is 0.248 e. The summed E-state index contributed by atoms with van der Waals surface area (Å²) in [7, 11) is 0. The number of carbonyl (C=O) groups is 1. The average Bonchev–Trinajstić information content (AvgIpc) is 2.89. The van der Waals surface area contributed by atoms with E-state index in [9.17, 15) is 4.79 Å². The molecular weight excluding hydrogens is 542 g/mol. The Kier molecular flexibility index (Phi) is 10.3. The first-order chi connectivity index (χ1) is 17.4. The number of phenolic OH excluding ortho intramolecular Hbond substituents is 1. The molecule has 0 fully saturated rings. The van der Waals surface area contributed by atoms with Crippen molar-refractivity contribution in [3.05, 3.63) is 105 Å². The van der Waals surface area contributed by atoms with Crippen LogP contribution >= 0.6 is 27.5 Å². The maximum atomic E-state index is 10.5. The molecule has 8 heteroatoms. The number of primary amides is 1. The Morgan fingerprint density at radius 2 is 1.75 bits per heavy atom. The van der Waals surface area contributed by atoms with Gasteiger partial charge < -0.3 is 26.3 Å². The van der Waals surface area contributed by atoms with Crippen LogP contribution in [0.1, 0.15) is 21.5 Å². The van der Waals surface area contributed by atoms with Crippen LogP contribution in [0.5, 0.6) is 11.5 Å². The zero-order chi connectivity index (χ0) is 25.9.